The maximum atomic E-state index is 10.6. The van der Waals surface area contributed by atoms with E-state index < -0.39 is 4.92 Å². The summed E-state index contributed by atoms with van der Waals surface area (Å²) in [5.41, 5.74) is 1.47. The molecule has 2 aromatic rings. The first-order chi connectivity index (χ1) is 10.5. The van der Waals surface area contributed by atoms with E-state index in [1.165, 1.54) is 37.4 Å². The van der Waals surface area contributed by atoms with Crippen LogP contribution < -0.4 is 4.74 Å². The Morgan fingerprint density at radius 3 is 2.50 bits per heavy atom. The van der Waals surface area contributed by atoms with Gasteiger partial charge in [0.25, 0.3) is 5.69 Å². The van der Waals surface area contributed by atoms with Crippen LogP contribution in [0.2, 0.25) is 0 Å². The number of allylic oxidation sites excluding steroid dienone is 1. The number of methoxy groups -OCH3 is 1. The van der Waals surface area contributed by atoms with Crippen molar-refractivity contribution in [3.63, 3.8) is 0 Å². The molecule has 0 spiro atoms. The van der Waals surface area contributed by atoms with Gasteiger partial charge in [-0.25, -0.2) is 0 Å². The number of hydrogen-bond acceptors (Lipinski definition) is 5. The lowest BCUT2D eigenvalue weighted by Crippen LogP contribution is -1.89. The fraction of sp³-hybridized carbons (Fsp3) is 0.0625. The number of phenolic OH excluding ortho intramolecular Hbond substituents is 1. The van der Waals surface area contributed by atoms with Gasteiger partial charge in [0.2, 0.25) is 0 Å². The van der Waals surface area contributed by atoms with Crippen molar-refractivity contribution in [2.75, 3.05) is 7.11 Å². The molecule has 0 atom stereocenters. The number of nitriles is 1. The van der Waals surface area contributed by atoms with Gasteiger partial charge in [0.1, 0.15) is 0 Å². The summed E-state index contributed by atoms with van der Waals surface area (Å²) in [5.74, 6) is 0.309. The molecule has 0 radical (unpaired) electrons. The number of rotatable bonds is 4. The maximum Gasteiger partial charge on any atom is 0.269 e. The molecular formula is C16H12N2O4. The van der Waals surface area contributed by atoms with Crippen molar-refractivity contribution < 1.29 is 14.8 Å². The van der Waals surface area contributed by atoms with Crippen LogP contribution in [-0.4, -0.2) is 17.1 Å². The van der Waals surface area contributed by atoms with Gasteiger partial charge < -0.3 is 9.84 Å². The van der Waals surface area contributed by atoms with Crippen molar-refractivity contribution in [1.82, 2.24) is 0 Å². The lowest BCUT2D eigenvalue weighted by Gasteiger charge is -2.04. The first-order valence-corrected chi connectivity index (χ1v) is 6.29. The molecule has 22 heavy (non-hydrogen) atoms. The summed E-state index contributed by atoms with van der Waals surface area (Å²) in [5, 5.41) is 29.6. The van der Waals surface area contributed by atoms with Crippen LogP contribution in [0.25, 0.3) is 11.6 Å². The van der Waals surface area contributed by atoms with Gasteiger partial charge in [-0.1, -0.05) is 6.07 Å². The van der Waals surface area contributed by atoms with Gasteiger partial charge in [-0.3, -0.25) is 10.1 Å². The third-order valence-corrected chi connectivity index (χ3v) is 3.02. The number of nitro groups is 1. The fourth-order valence-electron chi connectivity index (χ4n) is 1.91. The van der Waals surface area contributed by atoms with E-state index in [0.717, 1.165) is 0 Å². The Labute approximate surface area is 126 Å². The number of hydrogen-bond donors (Lipinski definition) is 1. The highest BCUT2D eigenvalue weighted by Gasteiger charge is 2.08. The van der Waals surface area contributed by atoms with Crippen LogP contribution in [0.3, 0.4) is 0 Å². The Balaban J connectivity index is 2.37. The van der Waals surface area contributed by atoms with Crippen LogP contribution in [-0.2, 0) is 0 Å². The number of benzene rings is 2. The Morgan fingerprint density at radius 1 is 1.32 bits per heavy atom. The number of nitrogens with zero attached hydrogens (tertiary/aromatic N) is 2. The molecule has 0 amide bonds. The van der Waals surface area contributed by atoms with Gasteiger partial charge in [0.05, 0.1) is 23.7 Å². The lowest BCUT2D eigenvalue weighted by atomic mass is 10.0. The van der Waals surface area contributed by atoms with Crippen molar-refractivity contribution >= 4 is 17.3 Å². The maximum absolute atomic E-state index is 10.6. The van der Waals surface area contributed by atoms with Crippen LogP contribution in [0.15, 0.2) is 42.5 Å². The highest BCUT2D eigenvalue weighted by Crippen LogP contribution is 2.28. The minimum absolute atomic E-state index is 0.0303. The summed E-state index contributed by atoms with van der Waals surface area (Å²) in [6.07, 6.45) is 1.58. The molecule has 6 nitrogen and oxygen atoms in total. The summed E-state index contributed by atoms with van der Waals surface area (Å²) in [6.45, 7) is 0. The van der Waals surface area contributed by atoms with Gasteiger partial charge in [-0.15, -0.1) is 0 Å². The monoisotopic (exact) mass is 296 g/mol. The first-order valence-electron chi connectivity index (χ1n) is 6.29. The second-order valence-corrected chi connectivity index (χ2v) is 4.41. The predicted octanol–water partition coefficient (Wildman–Crippen LogP) is 3.37. The average molecular weight is 296 g/mol. The van der Waals surface area contributed by atoms with Gasteiger partial charge in [-0.05, 0) is 41.5 Å². The van der Waals surface area contributed by atoms with Gasteiger partial charge in [-0.2, -0.15) is 5.26 Å². The van der Waals surface area contributed by atoms with Crippen molar-refractivity contribution in [2.45, 2.75) is 0 Å². The molecule has 110 valence electrons. The molecule has 2 rings (SSSR count). The largest absolute Gasteiger partial charge is 0.504 e. The van der Waals surface area contributed by atoms with Crippen molar-refractivity contribution in [3.8, 4) is 17.6 Å². The molecule has 1 N–H and O–H groups in total. The lowest BCUT2D eigenvalue weighted by molar-refractivity contribution is -0.384. The highest BCUT2D eigenvalue weighted by molar-refractivity contribution is 5.90. The molecule has 0 bridgehead atoms. The van der Waals surface area contributed by atoms with Crippen molar-refractivity contribution in [1.29, 1.82) is 5.26 Å². The van der Waals surface area contributed by atoms with Crippen LogP contribution in [0.1, 0.15) is 11.1 Å². The van der Waals surface area contributed by atoms with Crippen LogP contribution in [0.5, 0.6) is 11.5 Å². The van der Waals surface area contributed by atoms with Gasteiger partial charge in [0, 0.05) is 12.1 Å². The molecule has 0 aliphatic rings. The minimum atomic E-state index is -0.499. The van der Waals surface area contributed by atoms with E-state index in [1.54, 1.807) is 18.2 Å². The predicted molar refractivity (Wildman–Crippen MR) is 81.2 cm³/mol. The van der Waals surface area contributed by atoms with Crippen LogP contribution >= 0.6 is 0 Å². The van der Waals surface area contributed by atoms with Crippen LogP contribution in [0, 0.1) is 21.4 Å². The molecule has 0 unspecified atom stereocenters. The standard InChI is InChI=1S/C16H12N2O4/c1-22-16-7-2-11(9-15(16)19)8-13(10-17)12-3-5-14(6-4-12)18(20)21/h2-9,19H,1H3/b13-8-. The summed E-state index contributed by atoms with van der Waals surface area (Å²) < 4.78 is 4.95. The number of non-ortho nitro benzene ring substituents is 1. The molecule has 0 aliphatic carbocycles. The summed E-state index contributed by atoms with van der Waals surface area (Å²) >= 11 is 0. The Morgan fingerprint density at radius 2 is 2.00 bits per heavy atom. The smallest absolute Gasteiger partial charge is 0.269 e. The molecule has 6 heteroatoms. The first kappa shape index (κ1) is 15.1. The normalized spacial score (nSPS) is 10.8. The van der Waals surface area contributed by atoms with Crippen LogP contribution in [0.4, 0.5) is 5.69 Å². The van der Waals surface area contributed by atoms with E-state index in [9.17, 15) is 20.5 Å². The Kier molecular flexibility index (Phi) is 4.39. The number of phenols is 1. The number of nitro benzene ring substituents is 1. The molecule has 0 saturated carbocycles. The van der Waals surface area contributed by atoms with E-state index in [4.69, 9.17) is 4.74 Å². The third-order valence-electron chi connectivity index (χ3n) is 3.02. The van der Waals surface area contributed by atoms with E-state index in [2.05, 4.69) is 0 Å². The molecule has 2 aromatic carbocycles. The van der Waals surface area contributed by atoms with E-state index in [0.29, 0.717) is 22.4 Å². The molecule has 0 aliphatic heterocycles. The third kappa shape index (κ3) is 3.22. The zero-order chi connectivity index (χ0) is 16.1. The Hall–Kier alpha value is -3.33. The van der Waals surface area contributed by atoms with E-state index in [-0.39, 0.29) is 11.4 Å². The molecule has 0 fully saturated rings. The van der Waals surface area contributed by atoms with Crippen molar-refractivity contribution in [2.24, 2.45) is 0 Å². The Bertz CT molecular complexity index is 774. The second kappa shape index (κ2) is 6.41. The highest BCUT2D eigenvalue weighted by atomic mass is 16.6. The topological polar surface area (TPSA) is 96.4 Å². The average Bonchev–Trinajstić information content (AvgIpc) is 2.53. The van der Waals surface area contributed by atoms with E-state index in [1.807, 2.05) is 6.07 Å². The second-order valence-electron chi connectivity index (χ2n) is 4.41. The molecular weight excluding hydrogens is 284 g/mol. The van der Waals surface area contributed by atoms with Gasteiger partial charge >= 0.3 is 0 Å². The summed E-state index contributed by atoms with van der Waals surface area (Å²) in [7, 11) is 1.45. The van der Waals surface area contributed by atoms with E-state index >= 15 is 0 Å². The zero-order valence-electron chi connectivity index (χ0n) is 11.7. The minimum Gasteiger partial charge on any atom is -0.504 e. The summed E-state index contributed by atoms with van der Waals surface area (Å²) in [6, 6.07) is 12.5. The summed E-state index contributed by atoms with van der Waals surface area (Å²) in [4.78, 5) is 10.1. The SMILES string of the molecule is COc1ccc(/C=C(/C#N)c2ccc([N+](=O)[O-])cc2)cc1O. The fourth-order valence-corrected chi connectivity index (χ4v) is 1.91. The molecule has 0 saturated heterocycles. The number of aromatic hydroxyl groups is 1. The quantitative estimate of drug-likeness (QED) is 0.404. The number of ether oxygens (including phenoxy) is 1. The van der Waals surface area contributed by atoms with Gasteiger partial charge in [0.15, 0.2) is 11.5 Å². The zero-order valence-corrected chi connectivity index (χ0v) is 11.7. The van der Waals surface area contributed by atoms with Crippen molar-refractivity contribution in [3.05, 3.63) is 63.7 Å². The molecule has 0 aromatic heterocycles. The molecule has 0 heterocycles.